The van der Waals surface area contributed by atoms with E-state index < -0.39 is 23.9 Å². The van der Waals surface area contributed by atoms with E-state index in [1.54, 1.807) is 11.4 Å². The highest BCUT2D eigenvalue weighted by Crippen LogP contribution is 2.16. The van der Waals surface area contributed by atoms with Gasteiger partial charge in [0, 0.05) is 11.8 Å². The van der Waals surface area contributed by atoms with E-state index in [0.717, 1.165) is 2.88 Å². The first kappa shape index (κ1) is 15.9. The number of carbonyl (C=O) groups excluding carboxylic acids is 2. The van der Waals surface area contributed by atoms with Crippen molar-refractivity contribution in [3.63, 3.8) is 0 Å². The number of esters is 1. The SMILES string of the molecule is COC(=O)CC[C@H](NC(=O)c1csc(I)c1)C(=O)O. The van der Waals surface area contributed by atoms with Gasteiger partial charge in [0.05, 0.1) is 15.6 Å². The highest BCUT2D eigenvalue weighted by Gasteiger charge is 2.22. The molecule has 0 radical (unpaired) electrons. The van der Waals surface area contributed by atoms with Crippen LogP contribution in [-0.2, 0) is 14.3 Å². The molecule has 104 valence electrons. The molecule has 1 atom stereocenters. The summed E-state index contributed by atoms with van der Waals surface area (Å²) in [6, 6.07) is 0.559. The van der Waals surface area contributed by atoms with E-state index in [-0.39, 0.29) is 12.8 Å². The van der Waals surface area contributed by atoms with Crippen LogP contribution in [0, 0.1) is 2.88 Å². The average Bonchev–Trinajstić information content (AvgIpc) is 2.80. The second-order valence-corrected chi connectivity index (χ2v) is 6.42. The molecular weight excluding hydrogens is 385 g/mol. The highest BCUT2D eigenvalue weighted by molar-refractivity contribution is 14.1. The summed E-state index contributed by atoms with van der Waals surface area (Å²) in [5.74, 6) is -2.15. The van der Waals surface area contributed by atoms with Gasteiger partial charge >= 0.3 is 11.9 Å². The fraction of sp³-hybridized carbons (Fsp3) is 0.364. The Labute approximate surface area is 127 Å². The van der Waals surface area contributed by atoms with E-state index in [4.69, 9.17) is 5.11 Å². The van der Waals surface area contributed by atoms with Crippen molar-refractivity contribution in [2.45, 2.75) is 18.9 Å². The van der Waals surface area contributed by atoms with Gasteiger partial charge in [0.25, 0.3) is 5.91 Å². The Morgan fingerprint density at radius 2 is 2.21 bits per heavy atom. The molecule has 0 aliphatic carbocycles. The summed E-state index contributed by atoms with van der Waals surface area (Å²) in [6.07, 6.45) is -0.0656. The zero-order valence-electron chi connectivity index (χ0n) is 10.0. The van der Waals surface area contributed by atoms with Crippen LogP contribution in [0.1, 0.15) is 23.2 Å². The van der Waals surface area contributed by atoms with Gasteiger partial charge < -0.3 is 15.2 Å². The van der Waals surface area contributed by atoms with Crippen molar-refractivity contribution in [1.82, 2.24) is 5.32 Å². The molecule has 1 aromatic heterocycles. The third kappa shape index (κ3) is 5.15. The van der Waals surface area contributed by atoms with Gasteiger partial charge in [-0.1, -0.05) is 0 Å². The number of carbonyl (C=O) groups is 3. The lowest BCUT2D eigenvalue weighted by Crippen LogP contribution is -2.41. The third-order valence-electron chi connectivity index (χ3n) is 2.30. The lowest BCUT2D eigenvalue weighted by Gasteiger charge is -2.13. The molecular formula is C11H12INO5S. The second kappa shape index (κ2) is 7.43. The molecule has 0 fully saturated rings. The predicted molar refractivity (Wildman–Crippen MR) is 77.2 cm³/mol. The summed E-state index contributed by atoms with van der Waals surface area (Å²) in [5.41, 5.74) is 0.415. The minimum absolute atomic E-state index is 0.00498. The summed E-state index contributed by atoms with van der Waals surface area (Å²) in [4.78, 5) is 33.8. The molecule has 1 heterocycles. The number of hydrogen-bond donors (Lipinski definition) is 2. The van der Waals surface area contributed by atoms with Gasteiger partial charge in [0.1, 0.15) is 6.04 Å². The molecule has 0 spiro atoms. The maximum atomic E-state index is 11.8. The van der Waals surface area contributed by atoms with Gasteiger partial charge in [-0.2, -0.15) is 0 Å². The molecule has 0 aromatic carbocycles. The number of carboxylic acids is 1. The maximum absolute atomic E-state index is 11.8. The van der Waals surface area contributed by atoms with Gasteiger partial charge in [0.2, 0.25) is 0 Å². The Morgan fingerprint density at radius 1 is 1.53 bits per heavy atom. The van der Waals surface area contributed by atoms with Crippen LogP contribution in [-0.4, -0.2) is 36.1 Å². The van der Waals surface area contributed by atoms with Crippen LogP contribution in [0.4, 0.5) is 0 Å². The smallest absolute Gasteiger partial charge is 0.326 e. The predicted octanol–water partition coefficient (Wildman–Crippen LogP) is 1.49. The van der Waals surface area contributed by atoms with Gasteiger partial charge in [-0.05, 0) is 35.1 Å². The fourth-order valence-electron chi connectivity index (χ4n) is 1.29. The van der Waals surface area contributed by atoms with Gasteiger partial charge in [-0.3, -0.25) is 9.59 Å². The Morgan fingerprint density at radius 3 is 2.68 bits per heavy atom. The van der Waals surface area contributed by atoms with E-state index in [2.05, 4.69) is 32.6 Å². The number of methoxy groups -OCH3 is 1. The summed E-state index contributed by atoms with van der Waals surface area (Å²) in [5, 5.41) is 13.0. The third-order valence-corrected chi connectivity index (χ3v) is 4.09. The zero-order chi connectivity index (χ0) is 14.4. The minimum Gasteiger partial charge on any atom is -0.480 e. The minimum atomic E-state index is -1.18. The number of carboxylic acid groups (broad SMARTS) is 1. The lowest BCUT2D eigenvalue weighted by molar-refractivity contribution is -0.142. The molecule has 0 saturated carbocycles. The van der Waals surface area contributed by atoms with E-state index in [0.29, 0.717) is 5.56 Å². The van der Waals surface area contributed by atoms with Crippen LogP contribution < -0.4 is 5.32 Å². The second-order valence-electron chi connectivity index (χ2n) is 3.62. The fourth-order valence-corrected chi connectivity index (χ4v) is 2.62. The number of aliphatic carboxylic acids is 1. The first-order chi connectivity index (χ1) is 8.93. The van der Waals surface area contributed by atoms with E-state index in [9.17, 15) is 14.4 Å². The standard InChI is InChI=1S/C11H12INO5S/c1-18-9(14)3-2-7(11(16)17)13-10(15)6-4-8(12)19-5-6/h4-5,7H,2-3H2,1H3,(H,13,15)(H,16,17)/t7-/m0/s1. The number of thiophene rings is 1. The van der Waals surface area contributed by atoms with Crippen LogP contribution in [0.25, 0.3) is 0 Å². The van der Waals surface area contributed by atoms with Crippen molar-refractivity contribution in [3.05, 3.63) is 19.9 Å². The normalized spacial score (nSPS) is 11.7. The summed E-state index contributed by atoms with van der Waals surface area (Å²) < 4.78 is 5.36. The maximum Gasteiger partial charge on any atom is 0.326 e. The van der Waals surface area contributed by atoms with Crippen molar-refractivity contribution in [2.75, 3.05) is 7.11 Å². The molecule has 1 rings (SSSR count). The van der Waals surface area contributed by atoms with Gasteiger partial charge in [0.15, 0.2) is 0 Å². The Hall–Kier alpha value is -1.16. The van der Waals surface area contributed by atoms with E-state index in [1.165, 1.54) is 18.4 Å². The van der Waals surface area contributed by atoms with Crippen LogP contribution >= 0.6 is 33.9 Å². The Balaban J connectivity index is 2.61. The van der Waals surface area contributed by atoms with E-state index in [1.807, 2.05) is 0 Å². The molecule has 8 heteroatoms. The van der Waals surface area contributed by atoms with Crippen LogP contribution in [0.15, 0.2) is 11.4 Å². The number of ether oxygens (including phenoxy) is 1. The van der Waals surface area contributed by atoms with Crippen molar-refractivity contribution in [2.24, 2.45) is 0 Å². The number of hydrogen-bond acceptors (Lipinski definition) is 5. The van der Waals surface area contributed by atoms with Crippen LogP contribution in [0.5, 0.6) is 0 Å². The Bertz CT molecular complexity index is 487. The molecule has 19 heavy (non-hydrogen) atoms. The first-order valence-corrected chi connectivity index (χ1v) is 7.24. The lowest BCUT2D eigenvalue weighted by atomic mass is 10.1. The molecule has 1 aromatic rings. The van der Waals surface area contributed by atoms with Crippen molar-refractivity contribution in [3.8, 4) is 0 Å². The molecule has 0 unspecified atom stereocenters. The molecule has 1 amide bonds. The van der Waals surface area contributed by atoms with Crippen molar-refractivity contribution < 1.29 is 24.2 Å². The topological polar surface area (TPSA) is 92.7 Å². The molecule has 0 saturated heterocycles. The quantitative estimate of drug-likeness (QED) is 0.561. The Kier molecular flexibility index (Phi) is 6.22. The molecule has 6 nitrogen and oxygen atoms in total. The number of amides is 1. The van der Waals surface area contributed by atoms with E-state index >= 15 is 0 Å². The monoisotopic (exact) mass is 397 g/mol. The number of rotatable bonds is 6. The van der Waals surface area contributed by atoms with Gasteiger partial charge in [-0.25, -0.2) is 4.79 Å². The summed E-state index contributed by atoms with van der Waals surface area (Å²) in [7, 11) is 1.23. The summed E-state index contributed by atoms with van der Waals surface area (Å²) >= 11 is 3.47. The molecule has 0 bridgehead atoms. The van der Waals surface area contributed by atoms with Crippen LogP contribution in [0.2, 0.25) is 0 Å². The molecule has 0 aliphatic rings. The summed E-state index contributed by atoms with van der Waals surface area (Å²) in [6.45, 7) is 0. The first-order valence-electron chi connectivity index (χ1n) is 5.28. The molecule has 0 aliphatic heterocycles. The average molecular weight is 397 g/mol. The highest BCUT2D eigenvalue weighted by atomic mass is 127. The molecule has 2 N–H and O–H groups in total. The van der Waals surface area contributed by atoms with Crippen molar-refractivity contribution in [1.29, 1.82) is 0 Å². The number of halogens is 1. The largest absolute Gasteiger partial charge is 0.480 e. The number of nitrogens with one attached hydrogen (secondary N) is 1. The zero-order valence-corrected chi connectivity index (χ0v) is 13.0. The van der Waals surface area contributed by atoms with Gasteiger partial charge in [-0.15, -0.1) is 11.3 Å². The van der Waals surface area contributed by atoms with Crippen LogP contribution in [0.3, 0.4) is 0 Å². The van der Waals surface area contributed by atoms with Crippen molar-refractivity contribution >= 4 is 51.8 Å².